The van der Waals surface area contributed by atoms with E-state index in [9.17, 15) is 24.6 Å². The van der Waals surface area contributed by atoms with Gasteiger partial charge in [-0.15, -0.1) is 0 Å². The topological polar surface area (TPSA) is 91.7 Å². The second-order valence-electron chi connectivity index (χ2n) is 9.62. The molecule has 0 spiro atoms. The third-order valence-corrected chi connectivity index (χ3v) is 8.56. The van der Waals surface area contributed by atoms with Crippen LogP contribution in [0.5, 0.6) is 0 Å². The molecule has 0 aromatic carbocycles. The molecule has 0 bridgehead atoms. The maximum absolute atomic E-state index is 15.2. The first kappa shape index (κ1) is 19.6. The molecule has 4 rings (SSSR count). The zero-order valence-electron chi connectivity index (χ0n) is 16.3. The van der Waals surface area contributed by atoms with Gasteiger partial charge in [-0.05, 0) is 60.7 Å². The summed E-state index contributed by atoms with van der Waals surface area (Å²) >= 11 is 0. The molecule has 3 saturated carbocycles. The zero-order valence-corrected chi connectivity index (χ0v) is 16.3. The van der Waals surface area contributed by atoms with E-state index in [0.717, 1.165) is 0 Å². The van der Waals surface area contributed by atoms with E-state index < -0.39 is 46.6 Å². The van der Waals surface area contributed by atoms with Gasteiger partial charge in [0.15, 0.2) is 11.4 Å². The summed E-state index contributed by atoms with van der Waals surface area (Å²) < 4.78 is 15.2. The zero-order chi connectivity index (χ0) is 20.6. The van der Waals surface area contributed by atoms with Crippen LogP contribution in [0.3, 0.4) is 0 Å². The predicted molar refractivity (Wildman–Crippen MR) is 98.9 cm³/mol. The fourth-order valence-electron chi connectivity index (χ4n) is 7.07. The number of aliphatic hydroxyl groups is 2. The molecule has 4 aliphatic rings. The average Bonchev–Trinajstić information content (AvgIpc) is 2.85. The van der Waals surface area contributed by atoms with Gasteiger partial charge in [0.25, 0.3) is 0 Å². The van der Waals surface area contributed by atoms with Crippen molar-refractivity contribution < 1.29 is 29.0 Å². The van der Waals surface area contributed by atoms with Crippen molar-refractivity contribution in [3.05, 3.63) is 23.8 Å². The van der Waals surface area contributed by atoms with Crippen LogP contribution in [0, 0.1) is 28.6 Å². The van der Waals surface area contributed by atoms with Crippen LogP contribution < -0.4 is 0 Å². The van der Waals surface area contributed by atoms with Gasteiger partial charge < -0.3 is 10.2 Å². The maximum Gasteiger partial charge on any atom is 0.221 e. The molecule has 1 unspecified atom stereocenters. The van der Waals surface area contributed by atoms with E-state index in [0.29, 0.717) is 30.4 Å². The van der Waals surface area contributed by atoms with E-state index in [4.69, 9.17) is 0 Å². The Balaban J connectivity index is 1.78. The van der Waals surface area contributed by atoms with E-state index >= 15 is 4.39 Å². The van der Waals surface area contributed by atoms with Gasteiger partial charge in [0, 0.05) is 17.3 Å². The molecular weight excluding hydrogens is 363 g/mol. The first-order valence-corrected chi connectivity index (χ1v) is 9.98. The van der Waals surface area contributed by atoms with E-state index in [1.807, 2.05) is 13.8 Å². The van der Waals surface area contributed by atoms with Crippen LogP contribution in [0.4, 0.5) is 4.39 Å². The normalized spacial score (nSPS) is 47.9. The number of halogens is 1. The summed E-state index contributed by atoms with van der Waals surface area (Å²) in [5.41, 5.74) is -2.52. The molecule has 4 aliphatic carbocycles. The number of ketones is 3. The van der Waals surface area contributed by atoms with Crippen LogP contribution >= 0.6 is 0 Å². The highest BCUT2D eigenvalue weighted by molar-refractivity contribution is 6.42. The van der Waals surface area contributed by atoms with Gasteiger partial charge in [-0.1, -0.05) is 20.4 Å². The second-order valence-corrected chi connectivity index (χ2v) is 9.62. The highest BCUT2D eigenvalue weighted by Gasteiger charge is 2.68. The summed E-state index contributed by atoms with van der Waals surface area (Å²) in [7, 11) is 0. The van der Waals surface area contributed by atoms with Gasteiger partial charge in [-0.25, -0.2) is 4.39 Å². The fourth-order valence-corrected chi connectivity index (χ4v) is 7.07. The Bertz CT molecular complexity index is 831. The van der Waals surface area contributed by atoms with Gasteiger partial charge in [-0.2, -0.15) is 0 Å². The molecule has 28 heavy (non-hydrogen) atoms. The van der Waals surface area contributed by atoms with Crippen molar-refractivity contribution in [2.24, 2.45) is 28.6 Å². The molecule has 0 amide bonds. The van der Waals surface area contributed by atoms with Crippen molar-refractivity contribution in [1.82, 2.24) is 0 Å². The second kappa shape index (κ2) is 5.92. The molecule has 7 atom stereocenters. The number of carbonyl (C=O) groups excluding carboxylic acids is 3. The van der Waals surface area contributed by atoms with E-state index in [1.54, 1.807) is 0 Å². The molecule has 0 aromatic heterocycles. The molecule has 6 heteroatoms. The van der Waals surface area contributed by atoms with Gasteiger partial charge >= 0.3 is 0 Å². The highest BCUT2D eigenvalue weighted by atomic mass is 19.1. The Morgan fingerprint density at radius 1 is 1.32 bits per heavy atom. The lowest BCUT2D eigenvalue weighted by Crippen LogP contribution is -2.59. The lowest BCUT2D eigenvalue weighted by Gasteiger charge is -2.58. The number of aliphatic hydroxyl groups excluding tert-OH is 1. The predicted octanol–water partition coefficient (Wildman–Crippen LogP) is 2.10. The first-order chi connectivity index (χ1) is 13.0. The molecule has 0 heterocycles. The Morgan fingerprint density at radius 3 is 2.64 bits per heavy atom. The van der Waals surface area contributed by atoms with Gasteiger partial charge in [0.1, 0.15) is 12.8 Å². The number of Topliss-reactive ketones (excluding diaryl/α,β-unsaturated/α-hetero) is 2. The van der Waals surface area contributed by atoms with Crippen molar-refractivity contribution in [3.63, 3.8) is 0 Å². The van der Waals surface area contributed by atoms with E-state index in [1.165, 1.54) is 6.08 Å². The fraction of sp³-hybridized carbons (Fsp3) is 0.682. The highest BCUT2D eigenvalue weighted by Crippen LogP contribution is 2.68. The third-order valence-electron chi connectivity index (χ3n) is 8.56. The number of fused-ring (bicyclic) bond motifs is 5. The average molecular weight is 390 g/mol. The van der Waals surface area contributed by atoms with Crippen molar-refractivity contribution in [2.45, 2.75) is 57.7 Å². The number of hydrogen-bond acceptors (Lipinski definition) is 5. The Kier molecular flexibility index (Phi) is 4.16. The third kappa shape index (κ3) is 2.16. The number of rotatable bonds is 2. The van der Waals surface area contributed by atoms with Crippen molar-refractivity contribution in [2.75, 3.05) is 6.61 Å². The Morgan fingerprint density at radius 2 is 2.00 bits per heavy atom. The van der Waals surface area contributed by atoms with Crippen LogP contribution in [-0.2, 0) is 14.4 Å². The summed E-state index contributed by atoms with van der Waals surface area (Å²) in [6.45, 7) is 6.89. The summed E-state index contributed by atoms with van der Waals surface area (Å²) in [4.78, 5) is 36.5. The molecular formula is C22H27FO5. The Labute approximate surface area is 163 Å². The minimum atomic E-state index is -1.81. The van der Waals surface area contributed by atoms with Crippen molar-refractivity contribution in [1.29, 1.82) is 0 Å². The lowest BCUT2D eigenvalue weighted by molar-refractivity contribution is -0.161. The number of carbonyl (C=O) groups is 3. The van der Waals surface area contributed by atoms with Gasteiger partial charge in [0.05, 0.1) is 0 Å². The van der Waals surface area contributed by atoms with Crippen LogP contribution in [0.25, 0.3) is 0 Å². The van der Waals surface area contributed by atoms with Crippen LogP contribution in [0.1, 0.15) is 46.0 Å². The van der Waals surface area contributed by atoms with Crippen LogP contribution in [0.15, 0.2) is 23.8 Å². The van der Waals surface area contributed by atoms with E-state index in [-0.39, 0.29) is 30.6 Å². The van der Waals surface area contributed by atoms with Gasteiger partial charge in [-0.3, -0.25) is 14.4 Å². The largest absolute Gasteiger partial charge is 0.388 e. The summed E-state index contributed by atoms with van der Waals surface area (Å²) in [6, 6.07) is 0. The summed E-state index contributed by atoms with van der Waals surface area (Å²) in [5.74, 6) is -2.04. The lowest BCUT2D eigenvalue weighted by atomic mass is 9.46. The molecule has 3 fully saturated rings. The number of alkyl halides is 1. The van der Waals surface area contributed by atoms with E-state index in [2.05, 4.69) is 6.58 Å². The number of allylic oxidation sites excluding steroid dienone is 1. The molecule has 152 valence electrons. The van der Waals surface area contributed by atoms with Gasteiger partial charge in [0.2, 0.25) is 11.6 Å². The van der Waals surface area contributed by atoms with Crippen molar-refractivity contribution >= 4 is 17.3 Å². The molecule has 0 radical (unpaired) electrons. The van der Waals surface area contributed by atoms with Crippen LogP contribution in [-0.4, -0.2) is 45.9 Å². The first-order valence-electron chi connectivity index (χ1n) is 9.98. The summed E-state index contributed by atoms with van der Waals surface area (Å²) in [6.07, 6.45) is 1.65. The molecule has 0 saturated heterocycles. The number of hydrogen-bond donors (Lipinski definition) is 2. The molecule has 0 aromatic rings. The minimum absolute atomic E-state index is 0.000235. The molecule has 5 nitrogen and oxygen atoms in total. The summed E-state index contributed by atoms with van der Waals surface area (Å²) in [5, 5.41) is 20.7. The Hall–Kier alpha value is -1.66. The standard InChI is InChI=1S/C22H27FO5/c1-11-6-14-12-7-16(23)15-8-17(25)18(26)9-20(15,2)13(12)4-5-21(14,3)22(11,28)19(27)10-24/h8,12-14,16,24,28H,1,4-7,9-10H2,2-3H3/t12-,13+,14+,16?,20-,21+,22+/m1/s1. The maximum atomic E-state index is 15.2. The molecule has 0 aliphatic heterocycles. The quantitative estimate of drug-likeness (QED) is 0.557. The molecule has 2 N–H and O–H groups in total. The van der Waals surface area contributed by atoms with Crippen molar-refractivity contribution in [3.8, 4) is 0 Å². The minimum Gasteiger partial charge on any atom is -0.388 e. The SMILES string of the molecule is C=C1C[C@H]2[C@@H]3CC(F)C4=CC(=O)C(=O)C[C@]4(C)[C@H]3CC[C@]2(C)[C@@]1(O)C(=O)CO. The smallest absolute Gasteiger partial charge is 0.221 e. The van der Waals surface area contributed by atoms with Crippen LogP contribution in [0.2, 0.25) is 0 Å². The monoisotopic (exact) mass is 390 g/mol.